The molecule has 0 aromatic rings. The van der Waals surface area contributed by atoms with Gasteiger partial charge in [-0.3, -0.25) is 4.57 Å². The summed E-state index contributed by atoms with van der Waals surface area (Å²) in [6.07, 6.45) is 1.89. The highest BCUT2D eigenvalue weighted by Gasteiger charge is 2.18. The maximum Gasteiger partial charge on any atom is 0.251 e. The lowest BCUT2D eigenvalue weighted by Crippen LogP contribution is -2.02. The van der Waals surface area contributed by atoms with E-state index in [4.69, 9.17) is 9.26 Å². The highest BCUT2D eigenvalue weighted by Crippen LogP contribution is 2.48. The van der Waals surface area contributed by atoms with E-state index in [1.54, 1.807) is 12.0 Å². The van der Waals surface area contributed by atoms with Gasteiger partial charge in [0, 0.05) is 32.7 Å². The Morgan fingerprint density at radius 3 is 2.36 bits per heavy atom. The van der Waals surface area contributed by atoms with Crippen LogP contribution in [0.15, 0.2) is 12.0 Å². The van der Waals surface area contributed by atoms with Crippen molar-refractivity contribution in [1.82, 2.24) is 4.90 Å². The maximum absolute atomic E-state index is 12.0. The maximum atomic E-state index is 12.0. The lowest BCUT2D eigenvalue weighted by Gasteiger charge is -2.14. The number of hydrogen-bond acceptors (Lipinski definition) is 4. The summed E-state index contributed by atoms with van der Waals surface area (Å²) < 4.78 is 22.3. The Morgan fingerprint density at radius 2 is 1.93 bits per heavy atom. The molecular formula is C9H20NO3P. The van der Waals surface area contributed by atoms with Crippen LogP contribution in [-0.2, 0) is 13.8 Å². The molecule has 0 aromatic heterocycles. The number of rotatable bonds is 7. The normalized spacial score (nSPS) is 15.7. The third-order valence-electron chi connectivity index (χ3n) is 1.41. The summed E-state index contributed by atoms with van der Waals surface area (Å²) in [4.78, 5) is 1.82. The highest BCUT2D eigenvalue weighted by atomic mass is 31.2. The van der Waals surface area contributed by atoms with Crippen molar-refractivity contribution < 1.29 is 13.8 Å². The zero-order valence-corrected chi connectivity index (χ0v) is 10.3. The second-order valence-electron chi connectivity index (χ2n) is 3.03. The average Bonchev–Trinajstić information content (AvgIpc) is 2.13. The van der Waals surface area contributed by atoms with Gasteiger partial charge >= 0.3 is 0 Å². The predicted molar refractivity (Wildman–Crippen MR) is 58.6 cm³/mol. The van der Waals surface area contributed by atoms with Crippen molar-refractivity contribution in [2.75, 3.05) is 33.7 Å². The molecule has 0 amide bonds. The zero-order chi connectivity index (χ0) is 11.0. The Hall–Kier alpha value is -0.310. The fraction of sp³-hybridized carbons (Fsp3) is 0.778. The van der Waals surface area contributed by atoms with E-state index in [1.165, 1.54) is 0 Å². The standard InChI is InChI=1S/C9H20NO3P/c1-5-12-9-14(11,13-6-2)8-7-10(3)4/h7-8H,5-6,9H2,1-4H3/b8-7+. The quantitative estimate of drug-likeness (QED) is 0.618. The molecule has 0 rings (SSSR count). The molecule has 0 N–H and O–H groups in total. The molecule has 0 aliphatic carbocycles. The van der Waals surface area contributed by atoms with Crippen LogP contribution in [0, 0.1) is 0 Å². The van der Waals surface area contributed by atoms with Gasteiger partial charge in [0.2, 0.25) is 0 Å². The van der Waals surface area contributed by atoms with Crippen molar-refractivity contribution in [2.24, 2.45) is 0 Å². The third kappa shape index (κ3) is 6.19. The van der Waals surface area contributed by atoms with Gasteiger partial charge < -0.3 is 14.2 Å². The van der Waals surface area contributed by atoms with E-state index in [-0.39, 0.29) is 6.35 Å². The summed E-state index contributed by atoms with van der Waals surface area (Å²) in [5.74, 6) is 1.59. The van der Waals surface area contributed by atoms with Crippen molar-refractivity contribution in [3.05, 3.63) is 12.0 Å². The molecule has 84 valence electrons. The molecule has 0 fully saturated rings. The number of hydrogen-bond donors (Lipinski definition) is 0. The SMILES string of the molecule is CCOCP(=O)(/C=C/N(C)C)OCC. The van der Waals surface area contributed by atoms with Crippen LogP contribution in [-0.4, -0.2) is 38.6 Å². The van der Waals surface area contributed by atoms with E-state index < -0.39 is 7.37 Å². The molecule has 0 aliphatic heterocycles. The molecule has 0 heterocycles. The van der Waals surface area contributed by atoms with Gasteiger partial charge in [-0.05, 0) is 13.8 Å². The van der Waals surface area contributed by atoms with Crippen molar-refractivity contribution in [2.45, 2.75) is 13.8 Å². The fourth-order valence-corrected chi connectivity index (χ4v) is 2.39. The largest absolute Gasteiger partial charge is 0.383 e. The first kappa shape index (κ1) is 13.7. The van der Waals surface area contributed by atoms with Crippen molar-refractivity contribution in [3.63, 3.8) is 0 Å². The topological polar surface area (TPSA) is 38.8 Å². The summed E-state index contributed by atoms with van der Waals surface area (Å²) in [5, 5.41) is 0. The van der Waals surface area contributed by atoms with E-state index in [9.17, 15) is 4.57 Å². The minimum absolute atomic E-state index is 0.154. The van der Waals surface area contributed by atoms with Crippen LogP contribution >= 0.6 is 7.37 Å². The summed E-state index contributed by atoms with van der Waals surface area (Å²) in [7, 11) is 1.00. The second kappa shape index (κ2) is 7.04. The van der Waals surface area contributed by atoms with Crippen LogP contribution in [0.25, 0.3) is 0 Å². The monoisotopic (exact) mass is 221 g/mol. The van der Waals surface area contributed by atoms with E-state index in [2.05, 4.69) is 0 Å². The lowest BCUT2D eigenvalue weighted by atomic mass is 10.9. The average molecular weight is 221 g/mol. The molecule has 0 aliphatic rings. The second-order valence-corrected chi connectivity index (χ2v) is 5.29. The van der Waals surface area contributed by atoms with Crippen LogP contribution in [0.2, 0.25) is 0 Å². The molecule has 1 unspecified atom stereocenters. The molecule has 4 nitrogen and oxygen atoms in total. The molecule has 0 bridgehead atoms. The Bertz CT molecular complexity index is 216. The van der Waals surface area contributed by atoms with Gasteiger partial charge in [-0.25, -0.2) is 0 Å². The molecule has 0 saturated carbocycles. The Morgan fingerprint density at radius 1 is 1.29 bits per heavy atom. The predicted octanol–water partition coefficient (Wildman–Crippen LogP) is 2.33. The van der Waals surface area contributed by atoms with E-state index in [1.807, 2.05) is 32.8 Å². The number of nitrogens with zero attached hydrogens (tertiary/aromatic N) is 1. The van der Waals surface area contributed by atoms with E-state index in [0.29, 0.717) is 13.2 Å². The molecule has 0 spiro atoms. The first-order valence-corrected chi connectivity index (χ1v) is 6.58. The molecule has 14 heavy (non-hydrogen) atoms. The van der Waals surface area contributed by atoms with Crippen molar-refractivity contribution in [3.8, 4) is 0 Å². The lowest BCUT2D eigenvalue weighted by molar-refractivity contribution is 0.177. The molecule has 0 saturated heterocycles. The first-order valence-electron chi connectivity index (χ1n) is 4.71. The van der Waals surface area contributed by atoms with Crippen molar-refractivity contribution in [1.29, 1.82) is 0 Å². The van der Waals surface area contributed by atoms with E-state index in [0.717, 1.165) is 0 Å². The molecule has 0 radical (unpaired) electrons. The van der Waals surface area contributed by atoms with Crippen molar-refractivity contribution >= 4 is 7.37 Å². The minimum atomic E-state index is -2.73. The first-order chi connectivity index (χ1) is 6.54. The van der Waals surface area contributed by atoms with Gasteiger partial charge in [-0.15, -0.1) is 0 Å². The zero-order valence-electron chi connectivity index (χ0n) is 9.40. The van der Waals surface area contributed by atoms with Gasteiger partial charge in [0.15, 0.2) is 0 Å². The van der Waals surface area contributed by atoms with Crippen LogP contribution in [0.1, 0.15) is 13.8 Å². The Kier molecular flexibility index (Phi) is 6.89. The van der Waals surface area contributed by atoms with Crippen LogP contribution in [0.3, 0.4) is 0 Å². The summed E-state index contributed by atoms with van der Waals surface area (Å²) in [6, 6.07) is 0. The van der Waals surface area contributed by atoms with Gasteiger partial charge in [-0.1, -0.05) is 0 Å². The smallest absolute Gasteiger partial charge is 0.251 e. The van der Waals surface area contributed by atoms with Gasteiger partial charge in [-0.2, -0.15) is 0 Å². The van der Waals surface area contributed by atoms with Crippen LogP contribution in [0.5, 0.6) is 0 Å². The summed E-state index contributed by atoms with van der Waals surface area (Å²) in [6.45, 7) is 4.67. The van der Waals surface area contributed by atoms with Gasteiger partial charge in [0.05, 0.1) is 6.61 Å². The van der Waals surface area contributed by atoms with Crippen LogP contribution in [0.4, 0.5) is 0 Å². The highest BCUT2D eigenvalue weighted by molar-refractivity contribution is 7.62. The fourth-order valence-electron chi connectivity index (χ4n) is 0.795. The van der Waals surface area contributed by atoms with Gasteiger partial charge in [0.25, 0.3) is 7.37 Å². The Labute approximate surface area is 86.3 Å². The number of ether oxygens (including phenoxy) is 1. The third-order valence-corrected chi connectivity index (χ3v) is 3.24. The molecule has 1 atom stereocenters. The molecule has 0 aromatic carbocycles. The molecule has 5 heteroatoms. The summed E-state index contributed by atoms with van der Waals surface area (Å²) in [5.41, 5.74) is 0. The van der Waals surface area contributed by atoms with Gasteiger partial charge in [0.1, 0.15) is 6.35 Å². The Balaban J connectivity index is 4.30. The van der Waals surface area contributed by atoms with E-state index >= 15 is 0 Å². The van der Waals surface area contributed by atoms with Crippen LogP contribution < -0.4 is 0 Å². The minimum Gasteiger partial charge on any atom is -0.383 e. The summed E-state index contributed by atoms with van der Waals surface area (Å²) >= 11 is 0. The molecular weight excluding hydrogens is 201 g/mol.